The molecular formula is C23H34N4OS. The number of aromatic nitrogens is 1. The molecule has 0 aliphatic carbocycles. The van der Waals surface area contributed by atoms with Gasteiger partial charge in [-0.3, -0.25) is 9.69 Å². The third-order valence-electron chi connectivity index (χ3n) is 5.44. The van der Waals surface area contributed by atoms with Crippen molar-refractivity contribution in [1.29, 1.82) is 0 Å². The first-order valence-electron chi connectivity index (χ1n) is 10.7. The van der Waals surface area contributed by atoms with Crippen LogP contribution in [0.25, 0.3) is 0 Å². The molecule has 0 bridgehead atoms. The van der Waals surface area contributed by atoms with Gasteiger partial charge in [-0.05, 0) is 50.9 Å². The van der Waals surface area contributed by atoms with Crippen molar-refractivity contribution in [3.8, 4) is 0 Å². The first-order chi connectivity index (χ1) is 13.9. The maximum Gasteiger partial charge on any atom is 0.263 e. The Morgan fingerprint density at radius 3 is 2.59 bits per heavy atom. The van der Waals surface area contributed by atoms with E-state index < -0.39 is 0 Å². The smallest absolute Gasteiger partial charge is 0.263 e. The quantitative estimate of drug-likeness (QED) is 0.657. The van der Waals surface area contributed by atoms with E-state index in [0.29, 0.717) is 5.92 Å². The molecule has 158 valence electrons. The van der Waals surface area contributed by atoms with Gasteiger partial charge in [-0.2, -0.15) is 0 Å². The second-order valence-electron chi connectivity index (χ2n) is 8.25. The van der Waals surface area contributed by atoms with E-state index in [9.17, 15) is 4.79 Å². The fourth-order valence-corrected chi connectivity index (χ4v) is 4.66. The van der Waals surface area contributed by atoms with Crippen LogP contribution in [-0.2, 0) is 0 Å². The summed E-state index contributed by atoms with van der Waals surface area (Å²) in [6, 6.07) is 8.77. The molecule has 1 aliphatic rings. The fraction of sp³-hybridized carbons (Fsp3) is 0.565. The number of unbranched alkanes of at least 4 members (excludes halogenated alkanes) is 1. The molecule has 2 heterocycles. The van der Waals surface area contributed by atoms with Gasteiger partial charge < -0.3 is 10.2 Å². The van der Waals surface area contributed by atoms with Gasteiger partial charge in [0.1, 0.15) is 4.88 Å². The summed E-state index contributed by atoms with van der Waals surface area (Å²) in [5.74, 6) is 0.394. The molecule has 1 aromatic heterocycles. The molecule has 5 nitrogen and oxygen atoms in total. The van der Waals surface area contributed by atoms with Gasteiger partial charge in [-0.25, -0.2) is 4.98 Å². The second kappa shape index (κ2) is 10.2. The molecule has 6 heteroatoms. The summed E-state index contributed by atoms with van der Waals surface area (Å²) < 4.78 is 0. The van der Waals surface area contributed by atoms with E-state index in [2.05, 4.69) is 65.1 Å². The van der Waals surface area contributed by atoms with E-state index in [-0.39, 0.29) is 5.91 Å². The van der Waals surface area contributed by atoms with Crippen LogP contribution in [0.4, 0.5) is 5.69 Å². The highest BCUT2D eigenvalue weighted by Gasteiger charge is 2.18. The van der Waals surface area contributed by atoms with Crippen LogP contribution in [0, 0.1) is 13.8 Å². The molecule has 0 unspecified atom stereocenters. The van der Waals surface area contributed by atoms with Crippen molar-refractivity contribution in [2.45, 2.75) is 46.5 Å². The molecule has 1 amide bonds. The number of hydrogen-bond donors (Lipinski definition) is 1. The van der Waals surface area contributed by atoms with Crippen LogP contribution < -0.4 is 10.2 Å². The molecule has 3 rings (SSSR count). The standard InChI is InChI=1S/C23H34N4OS/c1-17(2)23-25-19(4)21(29-23)22(28)24-10-5-6-11-26-12-14-27(15-13-26)20-9-7-8-18(3)16-20/h7-9,16-17H,5-6,10-15H2,1-4H3,(H,24,28). The number of rotatable bonds is 8. The van der Waals surface area contributed by atoms with Crippen LogP contribution in [0.15, 0.2) is 24.3 Å². The molecule has 1 fully saturated rings. The van der Waals surface area contributed by atoms with Crippen LogP contribution in [-0.4, -0.2) is 55.1 Å². The van der Waals surface area contributed by atoms with E-state index in [1.54, 1.807) is 0 Å². The number of thiazole rings is 1. The largest absolute Gasteiger partial charge is 0.369 e. The molecule has 1 aromatic carbocycles. The van der Waals surface area contributed by atoms with Crippen LogP contribution >= 0.6 is 11.3 Å². The number of benzene rings is 1. The van der Waals surface area contributed by atoms with Gasteiger partial charge in [0.25, 0.3) is 5.91 Å². The Bertz CT molecular complexity index is 809. The number of amides is 1. The van der Waals surface area contributed by atoms with Gasteiger partial charge in [-0.1, -0.05) is 26.0 Å². The third-order valence-corrected chi connectivity index (χ3v) is 6.90. The van der Waals surface area contributed by atoms with Gasteiger partial charge >= 0.3 is 0 Å². The lowest BCUT2D eigenvalue weighted by Gasteiger charge is -2.36. The molecular weight excluding hydrogens is 380 g/mol. The van der Waals surface area contributed by atoms with Crippen molar-refractivity contribution >= 4 is 22.9 Å². The van der Waals surface area contributed by atoms with Crippen LogP contribution in [0.5, 0.6) is 0 Å². The minimum Gasteiger partial charge on any atom is -0.369 e. The lowest BCUT2D eigenvalue weighted by molar-refractivity contribution is 0.0955. The number of piperazine rings is 1. The van der Waals surface area contributed by atoms with E-state index >= 15 is 0 Å². The van der Waals surface area contributed by atoms with E-state index in [1.165, 1.54) is 22.6 Å². The Labute approximate surface area is 179 Å². The lowest BCUT2D eigenvalue weighted by Crippen LogP contribution is -2.46. The predicted octanol–water partition coefficient (Wildman–Crippen LogP) is 4.22. The van der Waals surface area contributed by atoms with E-state index in [4.69, 9.17) is 0 Å². The van der Waals surface area contributed by atoms with Crippen LogP contribution in [0.3, 0.4) is 0 Å². The zero-order valence-corrected chi connectivity index (χ0v) is 19.0. The lowest BCUT2D eigenvalue weighted by atomic mass is 10.2. The van der Waals surface area contributed by atoms with Gasteiger partial charge in [0.05, 0.1) is 10.7 Å². The highest BCUT2D eigenvalue weighted by atomic mass is 32.1. The van der Waals surface area contributed by atoms with Crippen molar-refractivity contribution in [2.75, 3.05) is 44.2 Å². The first-order valence-corrected chi connectivity index (χ1v) is 11.5. The van der Waals surface area contributed by atoms with Gasteiger partial charge in [0.15, 0.2) is 0 Å². The summed E-state index contributed by atoms with van der Waals surface area (Å²) in [5, 5.41) is 4.11. The molecule has 0 radical (unpaired) electrons. The van der Waals surface area contributed by atoms with Crippen LogP contribution in [0.1, 0.15) is 58.5 Å². The Balaban J connectivity index is 1.33. The predicted molar refractivity (Wildman–Crippen MR) is 122 cm³/mol. The Morgan fingerprint density at radius 1 is 1.17 bits per heavy atom. The number of nitrogens with one attached hydrogen (secondary N) is 1. The number of carbonyl (C=O) groups is 1. The molecule has 0 spiro atoms. The molecule has 2 aromatic rings. The second-order valence-corrected chi connectivity index (χ2v) is 9.28. The highest BCUT2D eigenvalue weighted by Crippen LogP contribution is 2.24. The van der Waals surface area contributed by atoms with Crippen molar-refractivity contribution in [2.24, 2.45) is 0 Å². The Kier molecular flexibility index (Phi) is 7.67. The zero-order valence-electron chi connectivity index (χ0n) is 18.2. The first kappa shape index (κ1) is 21.8. The topological polar surface area (TPSA) is 48.5 Å². The highest BCUT2D eigenvalue weighted by molar-refractivity contribution is 7.13. The summed E-state index contributed by atoms with van der Waals surface area (Å²) in [4.78, 5) is 22.7. The fourth-order valence-electron chi connectivity index (χ4n) is 3.67. The molecule has 0 saturated carbocycles. The Hall–Kier alpha value is -1.92. The van der Waals surface area contributed by atoms with Crippen LogP contribution in [0.2, 0.25) is 0 Å². The van der Waals surface area contributed by atoms with E-state index in [0.717, 1.165) is 67.7 Å². The molecule has 0 atom stereocenters. The number of carbonyl (C=O) groups excluding carboxylic acids is 1. The van der Waals surface area contributed by atoms with Crippen molar-refractivity contribution in [3.63, 3.8) is 0 Å². The van der Waals surface area contributed by atoms with E-state index in [1.807, 2.05) is 6.92 Å². The number of aryl methyl sites for hydroxylation is 2. The average molecular weight is 415 g/mol. The summed E-state index contributed by atoms with van der Waals surface area (Å²) in [7, 11) is 0. The molecule has 1 aliphatic heterocycles. The normalized spacial score (nSPS) is 15.1. The monoisotopic (exact) mass is 414 g/mol. The SMILES string of the molecule is Cc1cccc(N2CCN(CCCCNC(=O)c3sc(C(C)C)nc3C)CC2)c1. The number of hydrogen-bond acceptors (Lipinski definition) is 5. The summed E-state index contributed by atoms with van der Waals surface area (Å²) in [6.07, 6.45) is 2.13. The Morgan fingerprint density at radius 2 is 1.93 bits per heavy atom. The average Bonchev–Trinajstić information content (AvgIpc) is 3.10. The minimum absolute atomic E-state index is 0.0265. The number of anilines is 1. The van der Waals surface area contributed by atoms with Gasteiger partial charge in [0, 0.05) is 44.3 Å². The van der Waals surface area contributed by atoms with Crippen molar-refractivity contribution in [3.05, 3.63) is 45.4 Å². The summed E-state index contributed by atoms with van der Waals surface area (Å²) in [6.45, 7) is 14.5. The summed E-state index contributed by atoms with van der Waals surface area (Å²) >= 11 is 1.53. The summed E-state index contributed by atoms with van der Waals surface area (Å²) in [5.41, 5.74) is 3.51. The zero-order chi connectivity index (χ0) is 20.8. The van der Waals surface area contributed by atoms with Crippen molar-refractivity contribution < 1.29 is 4.79 Å². The molecule has 1 saturated heterocycles. The maximum absolute atomic E-state index is 12.4. The third kappa shape index (κ3) is 6.03. The molecule has 29 heavy (non-hydrogen) atoms. The molecule has 1 N–H and O–H groups in total. The number of nitrogens with zero attached hydrogens (tertiary/aromatic N) is 3. The van der Waals surface area contributed by atoms with Crippen molar-refractivity contribution in [1.82, 2.24) is 15.2 Å². The maximum atomic E-state index is 12.4. The van der Waals surface area contributed by atoms with Gasteiger partial charge in [0.2, 0.25) is 0 Å². The van der Waals surface area contributed by atoms with Gasteiger partial charge in [-0.15, -0.1) is 11.3 Å². The minimum atomic E-state index is 0.0265.